The number of aromatic nitrogens is 2. The third kappa shape index (κ3) is 4.10. The van der Waals surface area contributed by atoms with Crippen LogP contribution in [-0.4, -0.2) is 36.7 Å². The van der Waals surface area contributed by atoms with Crippen molar-refractivity contribution in [2.24, 2.45) is 0 Å². The Morgan fingerprint density at radius 1 is 1.40 bits per heavy atom. The minimum atomic E-state index is -1.26. The molecule has 25 heavy (non-hydrogen) atoms. The number of nitrogens with one attached hydrogen (secondary N) is 1. The molecule has 0 unspecified atom stereocenters. The van der Waals surface area contributed by atoms with Crippen molar-refractivity contribution in [1.29, 1.82) is 0 Å². The van der Waals surface area contributed by atoms with Gasteiger partial charge in [-0.05, 0) is 19.9 Å². The monoisotopic (exact) mass is 348 g/mol. The molecular formula is C15H16N4O6. The molecule has 0 aliphatic heterocycles. The lowest BCUT2D eigenvalue weighted by molar-refractivity contribution is -0.384. The van der Waals surface area contributed by atoms with Crippen molar-refractivity contribution in [3.63, 3.8) is 0 Å². The van der Waals surface area contributed by atoms with E-state index in [1.54, 1.807) is 13.8 Å². The number of phenols is 1. The minimum absolute atomic E-state index is 0.0327. The molecule has 0 radical (unpaired) electrons. The number of carboxylic acids is 1. The van der Waals surface area contributed by atoms with E-state index in [-0.39, 0.29) is 28.9 Å². The fourth-order valence-corrected chi connectivity index (χ4v) is 2.23. The summed E-state index contributed by atoms with van der Waals surface area (Å²) in [7, 11) is 0. The lowest BCUT2D eigenvalue weighted by Crippen LogP contribution is -2.30. The third-order valence-corrected chi connectivity index (χ3v) is 3.18. The van der Waals surface area contributed by atoms with Gasteiger partial charge in [-0.25, -0.2) is 4.98 Å². The van der Waals surface area contributed by atoms with Crippen LogP contribution in [-0.2, 0) is 11.3 Å². The van der Waals surface area contributed by atoms with Gasteiger partial charge in [0.05, 0.1) is 22.9 Å². The van der Waals surface area contributed by atoms with Crippen LogP contribution in [0.4, 0.5) is 11.5 Å². The Labute approximate surface area is 141 Å². The molecule has 1 aromatic carbocycles. The standard InChI is InChI=1S/C15H16N4O6/c1-8(2)17-14-15(23)18(7-13(21)22)12(6-16-14)9-3-10(19(24)25)5-11(20)4-9/h3-6,8,20H,7H2,1-2H3,(H,16,17)(H,21,22). The number of aliphatic carboxylic acids is 1. The Morgan fingerprint density at radius 3 is 2.64 bits per heavy atom. The zero-order valence-corrected chi connectivity index (χ0v) is 13.5. The molecule has 0 spiro atoms. The second-order valence-electron chi connectivity index (χ2n) is 5.57. The molecule has 132 valence electrons. The molecule has 0 saturated carbocycles. The highest BCUT2D eigenvalue weighted by molar-refractivity contribution is 5.70. The highest BCUT2D eigenvalue weighted by atomic mass is 16.6. The number of nitrogens with zero attached hydrogens (tertiary/aromatic N) is 3. The van der Waals surface area contributed by atoms with Crippen molar-refractivity contribution < 1.29 is 19.9 Å². The number of rotatable bonds is 6. The molecule has 0 aliphatic rings. The van der Waals surface area contributed by atoms with E-state index in [0.717, 1.165) is 16.7 Å². The van der Waals surface area contributed by atoms with Gasteiger partial charge in [0.2, 0.25) is 0 Å². The van der Waals surface area contributed by atoms with Gasteiger partial charge < -0.3 is 15.5 Å². The van der Waals surface area contributed by atoms with E-state index in [9.17, 15) is 24.8 Å². The first-order valence-corrected chi connectivity index (χ1v) is 7.26. The van der Waals surface area contributed by atoms with Crippen LogP contribution >= 0.6 is 0 Å². The van der Waals surface area contributed by atoms with Gasteiger partial charge in [0.25, 0.3) is 11.2 Å². The average molecular weight is 348 g/mol. The first-order valence-electron chi connectivity index (χ1n) is 7.26. The molecule has 1 heterocycles. The van der Waals surface area contributed by atoms with Crippen molar-refractivity contribution in [2.45, 2.75) is 26.4 Å². The highest BCUT2D eigenvalue weighted by Crippen LogP contribution is 2.28. The summed E-state index contributed by atoms with van der Waals surface area (Å²) in [6, 6.07) is 3.17. The fourth-order valence-electron chi connectivity index (χ4n) is 2.23. The lowest BCUT2D eigenvalue weighted by atomic mass is 10.1. The molecule has 0 atom stereocenters. The van der Waals surface area contributed by atoms with Crippen molar-refractivity contribution in [3.05, 3.63) is 44.9 Å². The topological polar surface area (TPSA) is 148 Å². The smallest absolute Gasteiger partial charge is 0.323 e. The van der Waals surface area contributed by atoms with E-state index in [2.05, 4.69) is 10.3 Å². The summed E-state index contributed by atoms with van der Waals surface area (Å²) < 4.78 is 0.929. The summed E-state index contributed by atoms with van der Waals surface area (Å²) >= 11 is 0. The number of hydrogen-bond acceptors (Lipinski definition) is 7. The van der Waals surface area contributed by atoms with Crippen molar-refractivity contribution >= 4 is 17.5 Å². The Bertz CT molecular complexity index is 890. The Kier molecular flexibility index (Phi) is 5.01. The van der Waals surface area contributed by atoms with E-state index < -0.39 is 28.7 Å². The van der Waals surface area contributed by atoms with Crippen LogP contribution in [0.15, 0.2) is 29.2 Å². The van der Waals surface area contributed by atoms with E-state index >= 15 is 0 Å². The normalized spacial score (nSPS) is 10.7. The molecule has 0 fully saturated rings. The Hall–Kier alpha value is -3.43. The molecule has 2 rings (SSSR count). The quantitative estimate of drug-likeness (QED) is 0.524. The number of nitro groups is 1. The van der Waals surface area contributed by atoms with Crippen LogP contribution < -0.4 is 10.9 Å². The van der Waals surface area contributed by atoms with Gasteiger partial charge in [0.1, 0.15) is 12.3 Å². The number of non-ortho nitro benzene ring substituents is 1. The van der Waals surface area contributed by atoms with Crippen LogP contribution in [0.1, 0.15) is 13.8 Å². The molecular weight excluding hydrogens is 332 g/mol. The Balaban J connectivity index is 2.68. The zero-order chi connectivity index (χ0) is 18.7. The molecule has 10 heteroatoms. The predicted molar refractivity (Wildman–Crippen MR) is 88.6 cm³/mol. The average Bonchev–Trinajstić information content (AvgIpc) is 2.49. The van der Waals surface area contributed by atoms with Crippen LogP contribution in [0.2, 0.25) is 0 Å². The van der Waals surface area contributed by atoms with Crippen molar-refractivity contribution in [1.82, 2.24) is 9.55 Å². The van der Waals surface area contributed by atoms with Crippen LogP contribution in [0, 0.1) is 10.1 Å². The van der Waals surface area contributed by atoms with E-state index in [1.165, 1.54) is 12.3 Å². The van der Waals surface area contributed by atoms with E-state index in [1.807, 2.05) is 0 Å². The maximum atomic E-state index is 12.5. The number of phenolic OH excluding ortho intramolecular Hbond substituents is 1. The number of hydrogen-bond donors (Lipinski definition) is 3. The summed E-state index contributed by atoms with van der Waals surface area (Å²) in [6.45, 7) is 2.91. The van der Waals surface area contributed by atoms with Gasteiger partial charge in [0.15, 0.2) is 5.82 Å². The summed E-state index contributed by atoms with van der Waals surface area (Å²) in [6.07, 6.45) is 1.23. The lowest BCUT2D eigenvalue weighted by Gasteiger charge is -2.14. The number of carboxylic acid groups (broad SMARTS) is 1. The van der Waals surface area contributed by atoms with Gasteiger partial charge >= 0.3 is 5.97 Å². The number of anilines is 1. The van der Waals surface area contributed by atoms with Crippen LogP contribution in [0.3, 0.4) is 0 Å². The van der Waals surface area contributed by atoms with Crippen LogP contribution in [0.25, 0.3) is 11.3 Å². The first-order chi connectivity index (χ1) is 11.7. The maximum absolute atomic E-state index is 12.5. The number of benzene rings is 1. The highest BCUT2D eigenvalue weighted by Gasteiger charge is 2.18. The molecule has 0 aliphatic carbocycles. The second-order valence-corrected chi connectivity index (χ2v) is 5.57. The summed E-state index contributed by atoms with van der Waals surface area (Å²) in [4.78, 5) is 37.9. The number of nitro benzene ring substituents is 1. The zero-order valence-electron chi connectivity index (χ0n) is 13.5. The minimum Gasteiger partial charge on any atom is -0.508 e. The predicted octanol–water partition coefficient (Wildman–Crippen LogP) is 1.43. The summed E-state index contributed by atoms with van der Waals surface area (Å²) in [5, 5.41) is 32.5. The van der Waals surface area contributed by atoms with Gasteiger partial charge in [0, 0.05) is 17.7 Å². The SMILES string of the molecule is CC(C)Nc1ncc(-c2cc(O)cc([N+](=O)[O-])c2)n(CC(=O)O)c1=O. The molecule has 0 saturated heterocycles. The Morgan fingerprint density at radius 2 is 2.08 bits per heavy atom. The van der Waals surface area contributed by atoms with Gasteiger partial charge in [-0.2, -0.15) is 0 Å². The van der Waals surface area contributed by atoms with Crippen LogP contribution in [0.5, 0.6) is 5.75 Å². The van der Waals surface area contributed by atoms with E-state index in [4.69, 9.17) is 5.11 Å². The molecule has 3 N–H and O–H groups in total. The number of carbonyl (C=O) groups is 1. The van der Waals surface area contributed by atoms with Crippen molar-refractivity contribution in [2.75, 3.05) is 5.32 Å². The molecule has 0 amide bonds. The fraction of sp³-hybridized carbons (Fsp3) is 0.267. The summed E-state index contributed by atoms with van der Waals surface area (Å²) in [5.74, 6) is -1.68. The maximum Gasteiger partial charge on any atom is 0.323 e. The molecule has 10 nitrogen and oxygen atoms in total. The van der Waals surface area contributed by atoms with E-state index in [0.29, 0.717) is 0 Å². The molecule has 2 aromatic rings. The first kappa shape index (κ1) is 17.9. The summed E-state index contributed by atoms with van der Waals surface area (Å²) in [5.41, 5.74) is -0.928. The third-order valence-electron chi connectivity index (χ3n) is 3.18. The molecule has 0 bridgehead atoms. The van der Waals surface area contributed by atoms with Gasteiger partial charge in [-0.15, -0.1) is 0 Å². The largest absolute Gasteiger partial charge is 0.508 e. The number of aromatic hydroxyl groups is 1. The second kappa shape index (κ2) is 6.99. The molecule has 1 aromatic heterocycles. The van der Waals surface area contributed by atoms with Crippen molar-refractivity contribution in [3.8, 4) is 17.0 Å². The van der Waals surface area contributed by atoms with Gasteiger partial charge in [-0.3, -0.25) is 24.3 Å². The van der Waals surface area contributed by atoms with Gasteiger partial charge in [-0.1, -0.05) is 0 Å².